The number of nitrogens with zero attached hydrogens (tertiary/aromatic N) is 1. The van der Waals surface area contributed by atoms with E-state index in [-0.39, 0.29) is 0 Å². The second kappa shape index (κ2) is 7.84. The number of hydrogen-bond donors (Lipinski definition) is 1. The number of carboxylic acid groups (broad SMARTS) is 1. The van der Waals surface area contributed by atoms with Gasteiger partial charge in [0.1, 0.15) is 5.75 Å². The summed E-state index contributed by atoms with van der Waals surface area (Å²) in [5.74, 6) is -0.150. The van der Waals surface area contributed by atoms with Crippen molar-refractivity contribution in [2.45, 2.75) is 31.7 Å². The number of carbonyl (C=O) groups is 1. The molecule has 4 heteroatoms. The van der Waals surface area contributed by atoms with Gasteiger partial charge in [0.25, 0.3) is 0 Å². The van der Waals surface area contributed by atoms with Gasteiger partial charge in [-0.25, -0.2) is 4.79 Å². The fraction of sp³-hybridized carbons (Fsp3) is 0.471. The average molecular weight is 289 g/mol. The Bertz CT molecular complexity index is 499. The molecule has 0 amide bonds. The van der Waals surface area contributed by atoms with E-state index in [9.17, 15) is 4.79 Å². The predicted molar refractivity (Wildman–Crippen MR) is 83.5 cm³/mol. The molecule has 1 unspecified atom stereocenters. The fourth-order valence-electron chi connectivity index (χ4n) is 2.70. The monoisotopic (exact) mass is 289 g/mol. The van der Waals surface area contributed by atoms with Gasteiger partial charge in [0.05, 0.1) is 6.61 Å². The molecule has 1 fully saturated rings. The van der Waals surface area contributed by atoms with Crippen LogP contribution in [0.2, 0.25) is 0 Å². The molecule has 0 aromatic heterocycles. The zero-order valence-electron chi connectivity index (χ0n) is 12.5. The van der Waals surface area contributed by atoms with Crippen LogP contribution in [0, 0.1) is 0 Å². The first kappa shape index (κ1) is 15.6. The number of carboxylic acids is 1. The topological polar surface area (TPSA) is 49.8 Å². The van der Waals surface area contributed by atoms with Gasteiger partial charge in [0.2, 0.25) is 0 Å². The Morgan fingerprint density at radius 3 is 3.10 bits per heavy atom. The van der Waals surface area contributed by atoms with Gasteiger partial charge < -0.3 is 14.7 Å². The molecule has 1 aliphatic rings. The van der Waals surface area contributed by atoms with Crippen LogP contribution in [0.15, 0.2) is 30.3 Å². The zero-order chi connectivity index (χ0) is 15.1. The third-order valence-electron chi connectivity index (χ3n) is 3.92. The van der Waals surface area contributed by atoms with E-state index in [0.717, 1.165) is 23.8 Å². The first-order valence-electron chi connectivity index (χ1n) is 7.49. The number of likely N-dealkylation sites (tertiary alicyclic amines) is 1. The predicted octanol–water partition coefficient (Wildman–Crippen LogP) is 3.04. The van der Waals surface area contributed by atoms with Gasteiger partial charge in [0.15, 0.2) is 0 Å². The smallest absolute Gasteiger partial charge is 0.328 e. The molecule has 0 bridgehead atoms. The Morgan fingerprint density at radius 2 is 2.33 bits per heavy atom. The maximum absolute atomic E-state index is 10.5. The van der Waals surface area contributed by atoms with E-state index in [1.165, 1.54) is 25.8 Å². The van der Waals surface area contributed by atoms with Gasteiger partial charge in [0, 0.05) is 12.1 Å². The highest BCUT2D eigenvalue weighted by atomic mass is 16.5. The summed E-state index contributed by atoms with van der Waals surface area (Å²) in [5.41, 5.74) is 0.838. The summed E-state index contributed by atoms with van der Waals surface area (Å²) in [6.45, 7) is 1.88. The van der Waals surface area contributed by atoms with Crippen LogP contribution in [-0.4, -0.2) is 42.2 Å². The molecule has 1 saturated heterocycles. The van der Waals surface area contributed by atoms with Crippen LogP contribution < -0.4 is 4.74 Å². The normalized spacial score (nSPS) is 19.8. The van der Waals surface area contributed by atoms with Gasteiger partial charge in [-0.05, 0) is 56.6 Å². The Kier molecular flexibility index (Phi) is 5.81. The van der Waals surface area contributed by atoms with Crippen molar-refractivity contribution in [3.05, 3.63) is 35.9 Å². The number of piperidine rings is 1. The lowest BCUT2D eigenvalue weighted by atomic mass is 10.0. The van der Waals surface area contributed by atoms with E-state index >= 15 is 0 Å². The molecule has 1 aromatic carbocycles. The second-order valence-corrected chi connectivity index (χ2v) is 5.51. The van der Waals surface area contributed by atoms with Crippen LogP contribution in [0.1, 0.15) is 31.2 Å². The molecule has 1 heterocycles. The summed E-state index contributed by atoms with van der Waals surface area (Å²) < 4.78 is 5.80. The van der Waals surface area contributed by atoms with Crippen molar-refractivity contribution in [3.63, 3.8) is 0 Å². The van der Waals surface area contributed by atoms with Crippen molar-refractivity contribution in [1.29, 1.82) is 0 Å². The molecule has 0 spiro atoms. The number of benzene rings is 1. The minimum atomic E-state index is -0.943. The lowest BCUT2D eigenvalue weighted by Gasteiger charge is -2.32. The van der Waals surface area contributed by atoms with Crippen LogP contribution >= 0.6 is 0 Å². The highest BCUT2D eigenvalue weighted by Crippen LogP contribution is 2.19. The Hall–Kier alpha value is -1.81. The Balaban J connectivity index is 1.82. The second-order valence-electron chi connectivity index (χ2n) is 5.51. The van der Waals surface area contributed by atoms with Crippen LogP contribution in [0.25, 0.3) is 6.08 Å². The molecule has 0 aliphatic carbocycles. The average Bonchev–Trinajstić information content (AvgIpc) is 2.48. The van der Waals surface area contributed by atoms with Gasteiger partial charge >= 0.3 is 5.97 Å². The van der Waals surface area contributed by atoms with Gasteiger partial charge in [-0.3, -0.25) is 0 Å². The number of aliphatic carboxylic acids is 1. The van der Waals surface area contributed by atoms with Crippen molar-refractivity contribution in [2.24, 2.45) is 0 Å². The molecule has 0 radical (unpaired) electrons. The summed E-state index contributed by atoms with van der Waals surface area (Å²) in [6.07, 6.45) is 7.60. The molecule has 1 aliphatic heterocycles. The van der Waals surface area contributed by atoms with Crippen LogP contribution in [-0.2, 0) is 4.79 Å². The van der Waals surface area contributed by atoms with Crippen LogP contribution in [0.3, 0.4) is 0 Å². The fourth-order valence-corrected chi connectivity index (χ4v) is 2.70. The molecule has 1 aromatic rings. The van der Waals surface area contributed by atoms with E-state index in [0.29, 0.717) is 12.6 Å². The molecule has 2 rings (SSSR count). The van der Waals surface area contributed by atoms with E-state index in [1.54, 1.807) is 6.08 Å². The minimum Gasteiger partial charge on any atom is -0.494 e. The van der Waals surface area contributed by atoms with Gasteiger partial charge in [-0.15, -0.1) is 0 Å². The molecule has 4 nitrogen and oxygen atoms in total. The van der Waals surface area contributed by atoms with Crippen molar-refractivity contribution in [1.82, 2.24) is 4.90 Å². The van der Waals surface area contributed by atoms with E-state index < -0.39 is 5.97 Å². The molecule has 21 heavy (non-hydrogen) atoms. The number of rotatable bonds is 6. The SMILES string of the molecule is CN1CCCCC1CCOc1cccc(/C=C/C(=O)O)c1. The summed E-state index contributed by atoms with van der Waals surface area (Å²) in [4.78, 5) is 12.9. The number of ether oxygens (including phenoxy) is 1. The summed E-state index contributed by atoms with van der Waals surface area (Å²) in [6, 6.07) is 8.13. The lowest BCUT2D eigenvalue weighted by Crippen LogP contribution is -2.37. The highest BCUT2D eigenvalue weighted by molar-refractivity contribution is 5.85. The van der Waals surface area contributed by atoms with Crippen LogP contribution in [0.4, 0.5) is 0 Å². The molecule has 1 N–H and O–H groups in total. The third-order valence-corrected chi connectivity index (χ3v) is 3.92. The van der Waals surface area contributed by atoms with Crippen LogP contribution in [0.5, 0.6) is 5.75 Å². The molecular weight excluding hydrogens is 266 g/mol. The minimum absolute atomic E-state index is 0.619. The van der Waals surface area contributed by atoms with E-state index in [1.807, 2.05) is 24.3 Å². The largest absolute Gasteiger partial charge is 0.494 e. The first-order chi connectivity index (χ1) is 10.1. The van der Waals surface area contributed by atoms with Gasteiger partial charge in [-0.2, -0.15) is 0 Å². The Labute approximate surface area is 126 Å². The standard InChI is InChI=1S/C17H23NO3/c1-18-11-3-2-6-15(18)10-12-21-16-7-4-5-14(13-16)8-9-17(19)20/h4-5,7-9,13,15H,2-3,6,10-12H2,1H3,(H,19,20)/b9-8+. The highest BCUT2D eigenvalue weighted by Gasteiger charge is 2.18. The maximum atomic E-state index is 10.5. The first-order valence-corrected chi connectivity index (χ1v) is 7.49. The zero-order valence-corrected chi connectivity index (χ0v) is 12.5. The molecular formula is C17H23NO3. The summed E-state index contributed by atoms with van der Waals surface area (Å²) >= 11 is 0. The lowest BCUT2D eigenvalue weighted by molar-refractivity contribution is -0.131. The third kappa shape index (κ3) is 5.23. The summed E-state index contributed by atoms with van der Waals surface area (Å²) in [7, 11) is 2.18. The quantitative estimate of drug-likeness (QED) is 0.818. The Morgan fingerprint density at radius 1 is 1.48 bits per heavy atom. The van der Waals surface area contributed by atoms with Crippen molar-refractivity contribution in [2.75, 3.05) is 20.2 Å². The van der Waals surface area contributed by atoms with E-state index in [4.69, 9.17) is 9.84 Å². The summed E-state index contributed by atoms with van der Waals surface area (Å²) in [5, 5.41) is 8.63. The van der Waals surface area contributed by atoms with Gasteiger partial charge in [-0.1, -0.05) is 18.6 Å². The maximum Gasteiger partial charge on any atom is 0.328 e. The van der Waals surface area contributed by atoms with Crippen molar-refractivity contribution in [3.8, 4) is 5.75 Å². The van der Waals surface area contributed by atoms with Crippen molar-refractivity contribution < 1.29 is 14.6 Å². The molecule has 114 valence electrons. The van der Waals surface area contributed by atoms with Crippen molar-refractivity contribution >= 4 is 12.0 Å². The van der Waals surface area contributed by atoms with E-state index in [2.05, 4.69) is 11.9 Å². The number of hydrogen-bond acceptors (Lipinski definition) is 3. The molecule has 0 saturated carbocycles. The molecule has 1 atom stereocenters.